The van der Waals surface area contributed by atoms with Crippen LogP contribution in [0.1, 0.15) is 22.6 Å². The topological polar surface area (TPSA) is 72.9 Å². The van der Waals surface area contributed by atoms with E-state index in [1.165, 1.54) is 4.90 Å². The first-order valence-corrected chi connectivity index (χ1v) is 13.0. The predicted molar refractivity (Wildman–Crippen MR) is 147 cm³/mol. The van der Waals surface area contributed by atoms with Gasteiger partial charge in [0.2, 0.25) is 11.8 Å². The van der Waals surface area contributed by atoms with Crippen LogP contribution >= 0.6 is 0 Å². The summed E-state index contributed by atoms with van der Waals surface area (Å²) in [5.74, 6) is -2.93. The summed E-state index contributed by atoms with van der Waals surface area (Å²) in [4.78, 5) is 43.1. The fourth-order valence-corrected chi connectivity index (χ4v) is 6.43. The molecule has 0 unspecified atom stereocenters. The van der Waals surface area contributed by atoms with Crippen LogP contribution in [-0.2, 0) is 14.4 Å². The Kier molecular flexibility index (Phi) is 5.20. The SMILES string of the molecule is COc1ccc([C@@H]2C=C3c4c(ccc5ccccc45)OC(=O)[C@@H]3[C@H]3C(=O)N(c4ccc(C)cc4)C(=O)[C@@H]32)cc1. The highest BCUT2D eigenvalue weighted by Crippen LogP contribution is 2.55. The van der Waals surface area contributed by atoms with Crippen molar-refractivity contribution < 1.29 is 23.9 Å². The monoisotopic (exact) mass is 515 g/mol. The minimum absolute atomic E-state index is 0.304. The number of carbonyl (C=O) groups excluding carboxylic acids is 3. The van der Waals surface area contributed by atoms with E-state index in [9.17, 15) is 14.4 Å². The van der Waals surface area contributed by atoms with Crippen molar-refractivity contribution in [3.63, 3.8) is 0 Å². The number of ether oxygens (including phenoxy) is 2. The van der Waals surface area contributed by atoms with Crippen LogP contribution in [-0.4, -0.2) is 24.9 Å². The molecule has 0 N–H and O–H groups in total. The molecule has 2 heterocycles. The van der Waals surface area contributed by atoms with Gasteiger partial charge in [0.25, 0.3) is 0 Å². The molecule has 2 aliphatic heterocycles. The number of aryl methyl sites for hydroxylation is 1. The van der Waals surface area contributed by atoms with E-state index in [1.54, 1.807) is 25.3 Å². The second-order valence-electron chi connectivity index (χ2n) is 10.4. The molecule has 39 heavy (non-hydrogen) atoms. The lowest BCUT2D eigenvalue weighted by molar-refractivity contribution is -0.142. The number of esters is 1. The Bertz CT molecular complexity index is 1700. The van der Waals surface area contributed by atoms with Crippen LogP contribution in [0, 0.1) is 24.7 Å². The van der Waals surface area contributed by atoms with Gasteiger partial charge in [-0.05, 0) is 59.2 Å². The van der Waals surface area contributed by atoms with E-state index in [-0.39, 0.29) is 11.8 Å². The van der Waals surface area contributed by atoms with Crippen molar-refractivity contribution in [1.29, 1.82) is 0 Å². The highest BCUT2D eigenvalue weighted by atomic mass is 16.5. The molecule has 1 fully saturated rings. The number of carbonyl (C=O) groups is 3. The van der Waals surface area contributed by atoms with Gasteiger partial charge in [0.05, 0.1) is 30.6 Å². The van der Waals surface area contributed by atoms with Crippen LogP contribution in [0.2, 0.25) is 0 Å². The quantitative estimate of drug-likeness (QED) is 0.199. The van der Waals surface area contributed by atoms with Crippen LogP contribution in [0.5, 0.6) is 11.5 Å². The number of allylic oxidation sites excluding steroid dienone is 1. The van der Waals surface area contributed by atoms with E-state index in [1.807, 2.05) is 79.7 Å². The number of rotatable bonds is 3. The van der Waals surface area contributed by atoms with Crippen LogP contribution in [0.25, 0.3) is 16.3 Å². The van der Waals surface area contributed by atoms with Gasteiger partial charge in [-0.2, -0.15) is 0 Å². The average molecular weight is 516 g/mol. The zero-order valence-electron chi connectivity index (χ0n) is 21.5. The first-order valence-electron chi connectivity index (χ1n) is 13.0. The Morgan fingerprint density at radius 3 is 2.26 bits per heavy atom. The fraction of sp³-hybridized carbons (Fsp3) is 0.182. The third-order valence-corrected chi connectivity index (χ3v) is 8.27. The fourth-order valence-electron chi connectivity index (χ4n) is 6.43. The molecule has 1 saturated heterocycles. The molecular weight excluding hydrogens is 490 g/mol. The van der Waals surface area contributed by atoms with Crippen molar-refractivity contribution in [3.8, 4) is 11.5 Å². The van der Waals surface area contributed by atoms with E-state index < -0.39 is 29.6 Å². The van der Waals surface area contributed by atoms with Crippen molar-refractivity contribution >= 4 is 39.8 Å². The van der Waals surface area contributed by atoms with Crippen molar-refractivity contribution in [2.75, 3.05) is 12.0 Å². The maximum atomic E-state index is 14.1. The molecule has 1 aliphatic carbocycles. The Morgan fingerprint density at radius 2 is 1.51 bits per heavy atom. The molecule has 0 aromatic heterocycles. The van der Waals surface area contributed by atoms with E-state index in [0.717, 1.165) is 33.0 Å². The van der Waals surface area contributed by atoms with Gasteiger partial charge in [0.1, 0.15) is 11.5 Å². The molecule has 0 spiro atoms. The number of hydrogen-bond donors (Lipinski definition) is 0. The average Bonchev–Trinajstić information content (AvgIpc) is 3.22. The molecular formula is C33H25NO5. The summed E-state index contributed by atoms with van der Waals surface area (Å²) in [6.07, 6.45) is 2.02. The summed E-state index contributed by atoms with van der Waals surface area (Å²) in [6, 6.07) is 26.5. The number of methoxy groups -OCH3 is 1. The second-order valence-corrected chi connectivity index (χ2v) is 10.4. The number of amides is 2. The normalized spacial score (nSPS) is 23.6. The third kappa shape index (κ3) is 3.44. The summed E-state index contributed by atoms with van der Waals surface area (Å²) in [5.41, 5.74) is 3.96. The molecule has 6 heteroatoms. The molecule has 4 aromatic rings. The number of imide groups is 1. The highest BCUT2D eigenvalue weighted by Gasteiger charge is 2.60. The van der Waals surface area contributed by atoms with Crippen LogP contribution in [0.15, 0.2) is 91.0 Å². The van der Waals surface area contributed by atoms with Gasteiger partial charge in [0, 0.05) is 11.5 Å². The highest BCUT2D eigenvalue weighted by molar-refractivity contribution is 6.25. The maximum absolute atomic E-state index is 14.1. The smallest absolute Gasteiger partial charge is 0.319 e. The predicted octanol–water partition coefficient (Wildman–Crippen LogP) is 5.68. The first kappa shape index (κ1) is 23.4. The van der Waals surface area contributed by atoms with Crippen LogP contribution in [0.4, 0.5) is 5.69 Å². The largest absolute Gasteiger partial charge is 0.497 e. The number of hydrogen-bond acceptors (Lipinski definition) is 5. The summed E-state index contributed by atoms with van der Waals surface area (Å²) in [6.45, 7) is 1.95. The molecule has 4 aromatic carbocycles. The van der Waals surface area contributed by atoms with Gasteiger partial charge in [-0.3, -0.25) is 14.4 Å². The molecule has 2 amide bonds. The standard InChI is InChI=1S/C33H25NO5/c1-18-7-12-21(13-8-18)34-31(35)28-24(20-9-14-22(38-2)15-10-20)17-25-27-23-6-4-3-5-19(23)11-16-26(27)39-33(37)29(25)30(28)32(34)36/h3-17,24,28-30H,1-2H3/t24-,28+,29-,30-/m0/s1. The van der Waals surface area contributed by atoms with Crippen LogP contribution in [0.3, 0.4) is 0 Å². The van der Waals surface area contributed by atoms with Crippen molar-refractivity contribution in [2.24, 2.45) is 17.8 Å². The second kappa shape index (κ2) is 8.67. The van der Waals surface area contributed by atoms with Gasteiger partial charge in [-0.15, -0.1) is 0 Å². The Morgan fingerprint density at radius 1 is 0.795 bits per heavy atom. The van der Waals surface area contributed by atoms with Crippen LogP contribution < -0.4 is 14.4 Å². The molecule has 4 atom stereocenters. The van der Waals surface area contributed by atoms with Crippen molar-refractivity contribution in [3.05, 3.63) is 108 Å². The van der Waals surface area contributed by atoms with Gasteiger partial charge in [-0.25, -0.2) is 4.90 Å². The molecule has 0 radical (unpaired) electrons. The molecule has 192 valence electrons. The first-order chi connectivity index (χ1) is 19.0. The van der Waals surface area contributed by atoms with Gasteiger partial charge in [0.15, 0.2) is 0 Å². The summed E-state index contributed by atoms with van der Waals surface area (Å²) in [7, 11) is 1.60. The summed E-state index contributed by atoms with van der Waals surface area (Å²) in [5, 5.41) is 1.95. The van der Waals surface area contributed by atoms with E-state index >= 15 is 0 Å². The number of benzene rings is 4. The lowest BCUT2D eigenvalue weighted by Gasteiger charge is -2.38. The number of anilines is 1. The lowest BCUT2D eigenvalue weighted by atomic mass is 9.64. The zero-order valence-corrected chi connectivity index (χ0v) is 21.5. The third-order valence-electron chi connectivity index (χ3n) is 8.27. The maximum Gasteiger partial charge on any atom is 0.319 e. The molecule has 7 rings (SSSR count). The minimum Gasteiger partial charge on any atom is -0.497 e. The van der Waals surface area contributed by atoms with Gasteiger partial charge >= 0.3 is 5.97 Å². The summed E-state index contributed by atoms with van der Waals surface area (Å²) >= 11 is 0. The van der Waals surface area contributed by atoms with Crippen molar-refractivity contribution in [2.45, 2.75) is 12.8 Å². The van der Waals surface area contributed by atoms with E-state index in [2.05, 4.69) is 0 Å². The zero-order chi connectivity index (χ0) is 26.8. The Balaban J connectivity index is 1.46. The Hall–Kier alpha value is -4.71. The lowest BCUT2D eigenvalue weighted by Crippen LogP contribution is -2.42. The van der Waals surface area contributed by atoms with Crippen molar-refractivity contribution in [1.82, 2.24) is 0 Å². The minimum atomic E-state index is -0.884. The molecule has 0 saturated carbocycles. The van der Waals surface area contributed by atoms with E-state index in [4.69, 9.17) is 9.47 Å². The van der Waals surface area contributed by atoms with E-state index in [0.29, 0.717) is 17.2 Å². The number of fused-ring (bicyclic) bond motifs is 7. The molecule has 0 bridgehead atoms. The van der Waals surface area contributed by atoms with Gasteiger partial charge < -0.3 is 9.47 Å². The summed E-state index contributed by atoms with van der Waals surface area (Å²) < 4.78 is 11.2. The number of nitrogens with zero attached hydrogens (tertiary/aromatic N) is 1. The molecule has 6 nitrogen and oxygen atoms in total. The molecule has 3 aliphatic rings. The van der Waals surface area contributed by atoms with Gasteiger partial charge in [-0.1, -0.05) is 66.2 Å². The Labute approximate surface area is 225 Å².